The first-order valence-corrected chi connectivity index (χ1v) is 6.82. The van der Waals surface area contributed by atoms with E-state index in [9.17, 15) is 0 Å². The molecule has 0 aliphatic rings. The normalized spacial score (nSPS) is 10.7. The zero-order valence-electron chi connectivity index (χ0n) is 8.36. The van der Waals surface area contributed by atoms with E-state index in [1.54, 1.807) is 23.1 Å². The molecule has 6 heteroatoms. The number of hydrogen-bond acceptors (Lipinski definition) is 6. The van der Waals surface area contributed by atoms with Gasteiger partial charge < -0.3 is 11.1 Å². The van der Waals surface area contributed by atoms with E-state index in [-0.39, 0.29) is 0 Å². The van der Waals surface area contributed by atoms with Crippen molar-refractivity contribution in [1.82, 2.24) is 9.97 Å². The zero-order valence-corrected chi connectivity index (χ0v) is 9.99. The minimum Gasteiger partial charge on any atom is -0.369 e. The minimum absolute atomic E-state index is 0.330. The lowest BCUT2D eigenvalue weighted by Gasteiger charge is -2.05. The number of thiophene rings is 1. The smallest absolute Gasteiger partial charge is 0.223 e. The van der Waals surface area contributed by atoms with Crippen molar-refractivity contribution in [3.63, 3.8) is 0 Å². The van der Waals surface area contributed by atoms with Gasteiger partial charge in [-0.2, -0.15) is 16.7 Å². The van der Waals surface area contributed by atoms with Gasteiger partial charge in [-0.25, -0.2) is 4.98 Å². The van der Waals surface area contributed by atoms with Crippen molar-refractivity contribution in [2.24, 2.45) is 0 Å². The Morgan fingerprint density at radius 1 is 1.53 bits per heavy atom. The third-order valence-corrected chi connectivity index (χ3v) is 3.36. The molecule has 2 aromatic heterocycles. The van der Waals surface area contributed by atoms with Gasteiger partial charge in [0.25, 0.3) is 0 Å². The molecular formula is C9H12N4S2. The molecule has 0 saturated heterocycles. The predicted octanol–water partition coefficient (Wildman–Crippen LogP) is 2.05. The number of hydrogen-bond donors (Lipinski definition) is 2. The third-order valence-electron chi connectivity index (χ3n) is 1.94. The van der Waals surface area contributed by atoms with E-state index < -0.39 is 0 Å². The van der Waals surface area contributed by atoms with Gasteiger partial charge in [-0.1, -0.05) is 0 Å². The lowest BCUT2D eigenvalue weighted by molar-refractivity contribution is 1.16. The number of thioether (sulfide) groups is 1. The third kappa shape index (κ3) is 2.32. The number of nitrogens with two attached hydrogens (primary N) is 1. The van der Waals surface area contributed by atoms with E-state index in [0.717, 1.165) is 28.3 Å². The summed E-state index contributed by atoms with van der Waals surface area (Å²) in [7, 11) is 0. The summed E-state index contributed by atoms with van der Waals surface area (Å²) in [5.41, 5.74) is 5.63. The van der Waals surface area contributed by atoms with Crippen LogP contribution < -0.4 is 11.1 Å². The van der Waals surface area contributed by atoms with Crippen molar-refractivity contribution in [1.29, 1.82) is 0 Å². The summed E-state index contributed by atoms with van der Waals surface area (Å²) < 4.78 is 0. The fourth-order valence-electron chi connectivity index (χ4n) is 1.28. The van der Waals surface area contributed by atoms with Crippen LogP contribution in [0.4, 0.5) is 11.8 Å². The van der Waals surface area contributed by atoms with Crippen LogP contribution in [0, 0.1) is 0 Å². The molecule has 2 aromatic rings. The fraction of sp³-hybridized carbons (Fsp3) is 0.333. The highest BCUT2D eigenvalue weighted by Crippen LogP contribution is 2.25. The standard InChI is InChI=1S/C9H12N4S2/c1-14-5-3-11-7-6-2-4-15-8(6)13-9(10)12-7/h2,4H,3,5H2,1H3,(H3,10,11,12,13). The molecule has 0 atom stereocenters. The molecule has 0 aliphatic carbocycles. The second-order valence-corrected chi connectivity index (χ2v) is 4.87. The highest BCUT2D eigenvalue weighted by atomic mass is 32.2. The Morgan fingerprint density at radius 3 is 3.20 bits per heavy atom. The van der Waals surface area contributed by atoms with E-state index >= 15 is 0 Å². The summed E-state index contributed by atoms with van der Waals surface area (Å²) in [5.74, 6) is 2.22. The van der Waals surface area contributed by atoms with Gasteiger partial charge in [-0.05, 0) is 17.7 Å². The Kier molecular flexibility index (Phi) is 3.27. The van der Waals surface area contributed by atoms with Crippen LogP contribution in [0.15, 0.2) is 11.4 Å². The average molecular weight is 240 g/mol. The second-order valence-electron chi connectivity index (χ2n) is 2.99. The van der Waals surface area contributed by atoms with Gasteiger partial charge in [0.2, 0.25) is 5.95 Å². The summed E-state index contributed by atoms with van der Waals surface area (Å²) >= 11 is 3.38. The number of nitrogens with zero attached hydrogens (tertiary/aromatic N) is 2. The molecule has 15 heavy (non-hydrogen) atoms. The molecule has 2 heterocycles. The van der Waals surface area contributed by atoms with E-state index in [1.807, 2.05) is 11.4 Å². The van der Waals surface area contributed by atoms with Crippen LogP contribution in [0.1, 0.15) is 0 Å². The lowest BCUT2D eigenvalue weighted by atomic mass is 10.4. The number of anilines is 2. The van der Waals surface area contributed by atoms with Crippen molar-refractivity contribution in [3.8, 4) is 0 Å². The molecule has 0 aromatic carbocycles. The molecule has 0 unspecified atom stereocenters. The molecule has 0 fully saturated rings. The molecule has 0 aliphatic heterocycles. The Hall–Kier alpha value is -1.01. The molecule has 3 N–H and O–H groups in total. The van der Waals surface area contributed by atoms with E-state index in [2.05, 4.69) is 21.5 Å². The van der Waals surface area contributed by atoms with Crippen LogP contribution in [-0.4, -0.2) is 28.5 Å². The lowest BCUT2D eigenvalue weighted by Crippen LogP contribution is -2.07. The Labute approximate surface area is 96.3 Å². The van der Waals surface area contributed by atoms with Crippen LogP contribution in [0.5, 0.6) is 0 Å². The molecule has 0 amide bonds. The number of fused-ring (bicyclic) bond motifs is 1. The summed E-state index contributed by atoms with van der Waals surface area (Å²) in [5, 5.41) is 6.32. The maximum atomic E-state index is 5.63. The van der Waals surface area contributed by atoms with E-state index in [1.165, 1.54) is 0 Å². The molecular weight excluding hydrogens is 228 g/mol. The number of rotatable bonds is 4. The van der Waals surface area contributed by atoms with Crippen LogP contribution in [0.3, 0.4) is 0 Å². The van der Waals surface area contributed by atoms with Crippen LogP contribution >= 0.6 is 23.1 Å². The monoisotopic (exact) mass is 240 g/mol. The summed E-state index contributed by atoms with van der Waals surface area (Å²) in [6.07, 6.45) is 2.08. The Bertz CT molecular complexity index is 454. The molecule has 0 saturated carbocycles. The van der Waals surface area contributed by atoms with Crippen molar-refractivity contribution >= 4 is 45.1 Å². The SMILES string of the molecule is CSCCNc1nc(N)nc2sccc12. The largest absolute Gasteiger partial charge is 0.369 e. The molecule has 2 rings (SSSR count). The van der Waals surface area contributed by atoms with Crippen molar-refractivity contribution in [2.45, 2.75) is 0 Å². The first-order chi connectivity index (χ1) is 7.31. The fourth-order valence-corrected chi connectivity index (χ4v) is 2.36. The maximum absolute atomic E-state index is 5.63. The number of aromatic nitrogens is 2. The Morgan fingerprint density at radius 2 is 2.40 bits per heavy atom. The van der Waals surface area contributed by atoms with Gasteiger partial charge in [-0.3, -0.25) is 0 Å². The van der Waals surface area contributed by atoms with Gasteiger partial charge in [0.05, 0.1) is 5.39 Å². The van der Waals surface area contributed by atoms with Crippen molar-refractivity contribution in [3.05, 3.63) is 11.4 Å². The van der Waals surface area contributed by atoms with Crippen LogP contribution in [0.25, 0.3) is 10.2 Å². The summed E-state index contributed by atoms with van der Waals surface area (Å²) in [4.78, 5) is 9.30. The molecule has 0 spiro atoms. The highest BCUT2D eigenvalue weighted by molar-refractivity contribution is 7.98. The van der Waals surface area contributed by atoms with E-state index in [0.29, 0.717) is 5.95 Å². The second kappa shape index (κ2) is 4.67. The topological polar surface area (TPSA) is 63.8 Å². The first kappa shape index (κ1) is 10.5. The first-order valence-electron chi connectivity index (χ1n) is 4.55. The molecule has 80 valence electrons. The number of nitrogen functional groups attached to an aromatic ring is 1. The maximum Gasteiger partial charge on any atom is 0.223 e. The average Bonchev–Trinajstić information content (AvgIpc) is 2.65. The van der Waals surface area contributed by atoms with Crippen molar-refractivity contribution < 1.29 is 0 Å². The molecule has 0 bridgehead atoms. The highest BCUT2D eigenvalue weighted by Gasteiger charge is 2.06. The predicted molar refractivity (Wildman–Crippen MR) is 68.7 cm³/mol. The molecule has 4 nitrogen and oxygen atoms in total. The van der Waals surface area contributed by atoms with Gasteiger partial charge in [-0.15, -0.1) is 11.3 Å². The van der Waals surface area contributed by atoms with Gasteiger partial charge in [0.15, 0.2) is 0 Å². The quantitative estimate of drug-likeness (QED) is 0.801. The van der Waals surface area contributed by atoms with E-state index in [4.69, 9.17) is 5.73 Å². The van der Waals surface area contributed by atoms with Crippen molar-refractivity contribution in [2.75, 3.05) is 29.6 Å². The zero-order chi connectivity index (χ0) is 10.7. The molecule has 0 radical (unpaired) electrons. The van der Waals surface area contributed by atoms with Gasteiger partial charge in [0.1, 0.15) is 10.6 Å². The minimum atomic E-state index is 0.330. The van der Waals surface area contributed by atoms with Gasteiger partial charge >= 0.3 is 0 Å². The van der Waals surface area contributed by atoms with Crippen LogP contribution in [0.2, 0.25) is 0 Å². The summed E-state index contributed by atoms with van der Waals surface area (Å²) in [6.45, 7) is 0.891. The van der Waals surface area contributed by atoms with Crippen LogP contribution in [-0.2, 0) is 0 Å². The van der Waals surface area contributed by atoms with Gasteiger partial charge in [0, 0.05) is 12.3 Å². The number of nitrogens with one attached hydrogen (secondary N) is 1. The Balaban J connectivity index is 2.27. The summed E-state index contributed by atoms with van der Waals surface area (Å²) in [6, 6.07) is 2.01.